The summed E-state index contributed by atoms with van der Waals surface area (Å²) >= 11 is 11.4. The van der Waals surface area contributed by atoms with Gasteiger partial charge in [0.15, 0.2) is 5.11 Å². The predicted molar refractivity (Wildman–Crippen MR) is 98.6 cm³/mol. The van der Waals surface area contributed by atoms with Gasteiger partial charge in [-0.3, -0.25) is 0 Å². The Bertz CT molecular complexity index is 659. The Hall–Kier alpha value is -1.98. The third-order valence-corrected chi connectivity index (χ3v) is 3.55. The van der Waals surface area contributed by atoms with Gasteiger partial charge in [0.05, 0.1) is 12.1 Å². The minimum atomic E-state index is 0.499. The number of methoxy groups -OCH3 is 1. The first-order chi connectivity index (χ1) is 10.5. The number of ether oxygens (including phenoxy) is 1. The van der Waals surface area contributed by atoms with Gasteiger partial charge in [-0.15, -0.1) is 0 Å². The van der Waals surface area contributed by atoms with Gasteiger partial charge in [0.2, 0.25) is 0 Å². The zero-order valence-corrected chi connectivity index (χ0v) is 14.3. The van der Waals surface area contributed by atoms with Crippen LogP contribution in [0.2, 0.25) is 5.02 Å². The highest BCUT2D eigenvalue weighted by atomic mass is 35.5. The van der Waals surface area contributed by atoms with Gasteiger partial charge in [-0.2, -0.15) is 0 Å². The first kappa shape index (κ1) is 16.4. The van der Waals surface area contributed by atoms with Crippen molar-refractivity contribution in [1.29, 1.82) is 0 Å². The first-order valence-corrected chi connectivity index (χ1v) is 7.47. The molecule has 0 aliphatic carbocycles. The summed E-state index contributed by atoms with van der Waals surface area (Å²) in [6, 6.07) is 13.4. The summed E-state index contributed by atoms with van der Waals surface area (Å²) in [6.45, 7) is 0. The normalized spacial score (nSPS) is 10.0. The molecule has 2 aromatic rings. The van der Waals surface area contributed by atoms with Crippen molar-refractivity contribution in [2.24, 2.45) is 0 Å². The summed E-state index contributed by atoms with van der Waals surface area (Å²) in [6.07, 6.45) is 0. The van der Waals surface area contributed by atoms with Gasteiger partial charge < -0.3 is 20.3 Å². The van der Waals surface area contributed by atoms with Gasteiger partial charge in [-0.1, -0.05) is 11.6 Å². The molecule has 4 nitrogen and oxygen atoms in total. The molecule has 2 aromatic carbocycles. The van der Waals surface area contributed by atoms with Crippen molar-refractivity contribution in [3.05, 3.63) is 47.5 Å². The number of benzene rings is 2. The van der Waals surface area contributed by atoms with Crippen LogP contribution in [-0.2, 0) is 0 Å². The van der Waals surface area contributed by atoms with E-state index < -0.39 is 0 Å². The van der Waals surface area contributed by atoms with Crippen LogP contribution in [0, 0.1) is 0 Å². The largest absolute Gasteiger partial charge is 0.495 e. The van der Waals surface area contributed by atoms with Crippen LogP contribution in [0.25, 0.3) is 0 Å². The first-order valence-electron chi connectivity index (χ1n) is 6.68. The average Bonchev–Trinajstić information content (AvgIpc) is 2.48. The number of nitrogens with one attached hydrogen (secondary N) is 2. The standard InChI is InChI=1S/C16H18ClN3OS/c1-20(2)13-7-4-11(5-8-13)18-16(22)19-12-6-9-15(21-3)14(17)10-12/h4-10H,1-3H3,(H2,18,19,22). The molecule has 22 heavy (non-hydrogen) atoms. The molecule has 0 saturated heterocycles. The molecule has 0 heterocycles. The van der Waals surface area contributed by atoms with E-state index in [0.29, 0.717) is 15.9 Å². The fourth-order valence-electron chi connectivity index (χ4n) is 1.88. The monoisotopic (exact) mass is 335 g/mol. The zero-order valence-electron chi connectivity index (χ0n) is 12.7. The minimum Gasteiger partial charge on any atom is -0.495 e. The molecule has 0 aliphatic heterocycles. The molecule has 0 amide bonds. The molecule has 0 spiro atoms. The van der Waals surface area contributed by atoms with Crippen LogP contribution >= 0.6 is 23.8 Å². The molecule has 2 rings (SSSR count). The van der Waals surface area contributed by atoms with Crippen LogP contribution in [0.4, 0.5) is 17.1 Å². The van der Waals surface area contributed by atoms with Gasteiger partial charge in [0.1, 0.15) is 5.75 Å². The van der Waals surface area contributed by atoms with Crippen molar-refractivity contribution < 1.29 is 4.74 Å². The molecule has 0 radical (unpaired) electrons. The third-order valence-electron chi connectivity index (χ3n) is 3.05. The van der Waals surface area contributed by atoms with Crippen LogP contribution in [-0.4, -0.2) is 26.3 Å². The Labute approximate surface area is 141 Å². The van der Waals surface area contributed by atoms with Crippen molar-refractivity contribution in [2.45, 2.75) is 0 Å². The second-order valence-corrected chi connectivity index (χ2v) is 5.69. The maximum atomic E-state index is 6.09. The Morgan fingerprint density at radius 3 is 2.18 bits per heavy atom. The summed E-state index contributed by atoms with van der Waals surface area (Å²) in [4.78, 5) is 2.04. The molecule has 0 saturated carbocycles. The summed E-state index contributed by atoms with van der Waals surface area (Å²) < 4.78 is 5.12. The van der Waals surface area contributed by atoms with Crippen molar-refractivity contribution in [1.82, 2.24) is 0 Å². The molecule has 116 valence electrons. The van der Waals surface area contributed by atoms with Gasteiger partial charge in [-0.05, 0) is 54.7 Å². The highest BCUT2D eigenvalue weighted by molar-refractivity contribution is 7.80. The van der Waals surface area contributed by atoms with Gasteiger partial charge >= 0.3 is 0 Å². The summed E-state index contributed by atoms with van der Waals surface area (Å²) in [7, 11) is 5.59. The van der Waals surface area contributed by atoms with Crippen molar-refractivity contribution in [3.63, 3.8) is 0 Å². The lowest BCUT2D eigenvalue weighted by Gasteiger charge is -2.14. The molecule has 0 unspecified atom stereocenters. The van der Waals surface area contributed by atoms with Crippen LogP contribution < -0.4 is 20.3 Å². The van der Waals surface area contributed by atoms with Crippen molar-refractivity contribution in [2.75, 3.05) is 36.7 Å². The third kappa shape index (κ3) is 4.26. The van der Waals surface area contributed by atoms with Gasteiger partial charge in [-0.25, -0.2) is 0 Å². The average molecular weight is 336 g/mol. The van der Waals surface area contributed by atoms with E-state index in [0.717, 1.165) is 17.1 Å². The molecule has 0 aliphatic rings. The molecule has 6 heteroatoms. The lowest BCUT2D eigenvalue weighted by Crippen LogP contribution is -2.19. The maximum absolute atomic E-state index is 6.09. The van der Waals surface area contributed by atoms with E-state index in [1.54, 1.807) is 19.2 Å². The van der Waals surface area contributed by atoms with Gasteiger partial charge in [0, 0.05) is 31.2 Å². The predicted octanol–water partition coefficient (Wildman–Crippen LogP) is 4.22. The van der Waals surface area contributed by atoms with E-state index in [-0.39, 0.29) is 0 Å². The fourth-order valence-corrected chi connectivity index (χ4v) is 2.37. The number of halogens is 1. The quantitative estimate of drug-likeness (QED) is 0.818. The summed E-state index contributed by atoms with van der Waals surface area (Å²) in [5.41, 5.74) is 2.85. The molecule has 0 atom stereocenters. The molecule has 0 aromatic heterocycles. The van der Waals surface area contributed by atoms with E-state index in [1.807, 2.05) is 49.3 Å². The van der Waals surface area contributed by atoms with Crippen LogP contribution in [0.5, 0.6) is 5.75 Å². The number of hydrogen-bond acceptors (Lipinski definition) is 3. The molecule has 0 bridgehead atoms. The Morgan fingerprint density at radius 1 is 1.05 bits per heavy atom. The second kappa shape index (κ2) is 7.33. The Kier molecular flexibility index (Phi) is 5.46. The fraction of sp³-hybridized carbons (Fsp3) is 0.188. The van der Waals surface area contributed by atoms with E-state index in [4.69, 9.17) is 28.6 Å². The van der Waals surface area contributed by atoms with E-state index >= 15 is 0 Å². The summed E-state index contributed by atoms with van der Waals surface area (Å²) in [5.74, 6) is 0.630. The molecular formula is C16H18ClN3OS. The number of hydrogen-bond donors (Lipinski definition) is 2. The smallest absolute Gasteiger partial charge is 0.175 e. The number of rotatable bonds is 4. The second-order valence-electron chi connectivity index (χ2n) is 4.87. The maximum Gasteiger partial charge on any atom is 0.175 e. The topological polar surface area (TPSA) is 36.5 Å². The SMILES string of the molecule is COc1ccc(NC(=S)Nc2ccc(N(C)C)cc2)cc1Cl. The number of thiocarbonyl (C=S) groups is 1. The van der Waals surface area contributed by atoms with Crippen LogP contribution in [0.3, 0.4) is 0 Å². The highest BCUT2D eigenvalue weighted by Gasteiger charge is 2.04. The van der Waals surface area contributed by atoms with E-state index in [2.05, 4.69) is 10.6 Å². The lowest BCUT2D eigenvalue weighted by molar-refractivity contribution is 0.415. The van der Waals surface area contributed by atoms with Gasteiger partial charge in [0.25, 0.3) is 0 Å². The van der Waals surface area contributed by atoms with Crippen molar-refractivity contribution >= 4 is 46.0 Å². The zero-order chi connectivity index (χ0) is 16.1. The number of anilines is 3. The highest BCUT2D eigenvalue weighted by Crippen LogP contribution is 2.27. The van der Waals surface area contributed by atoms with Crippen LogP contribution in [0.15, 0.2) is 42.5 Å². The molecule has 2 N–H and O–H groups in total. The summed E-state index contributed by atoms with van der Waals surface area (Å²) in [5, 5.41) is 7.25. The van der Waals surface area contributed by atoms with E-state index in [9.17, 15) is 0 Å². The lowest BCUT2D eigenvalue weighted by atomic mass is 10.2. The molecule has 0 fully saturated rings. The Morgan fingerprint density at radius 2 is 1.64 bits per heavy atom. The van der Waals surface area contributed by atoms with Crippen LogP contribution in [0.1, 0.15) is 0 Å². The molecular weight excluding hydrogens is 318 g/mol. The number of nitrogens with zero attached hydrogens (tertiary/aromatic N) is 1. The van der Waals surface area contributed by atoms with E-state index in [1.165, 1.54) is 0 Å². The van der Waals surface area contributed by atoms with Crippen molar-refractivity contribution in [3.8, 4) is 5.75 Å². The Balaban J connectivity index is 1.99. The minimum absolute atomic E-state index is 0.499.